The van der Waals surface area contributed by atoms with Crippen molar-refractivity contribution in [3.63, 3.8) is 0 Å². The third-order valence-electron chi connectivity index (χ3n) is 2.03. The van der Waals surface area contributed by atoms with E-state index in [1.54, 1.807) is 0 Å². The first-order valence-corrected chi connectivity index (χ1v) is 5.77. The maximum Gasteiger partial charge on any atom is 0.387 e. The van der Waals surface area contributed by atoms with Gasteiger partial charge in [-0.05, 0) is 18.2 Å². The lowest BCUT2D eigenvalue weighted by atomic mass is 10.3. The van der Waals surface area contributed by atoms with Crippen LogP contribution in [0.4, 0.5) is 19.3 Å². The standard InChI is InChI=1S/C11H11ClF2N2O4/c12-7-5-6(1-2-8(7)20-10(13)14)16-11(19)15-4-3-9(17)18/h1-2,5,10H,3-4H2,(H,17,18)(H2,15,16,19). The van der Waals surface area contributed by atoms with E-state index < -0.39 is 18.6 Å². The number of aliphatic carboxylic acids is 1. The molecule has 3 N–H and O–H groups in total. The molecule has 9 heteroatoms. The van der Waals surface area contributed by atoms with Gasteiger partial charge in [0.15, 0.2) is 0 Å². The minimum Gasteiger partial charge on any atom is -0.481 e. The number of urea groups is 1. The van der Waals surface area contributed by atoms with Crippen molar-refractivity contribution in [1.29, 1.82) is 0 Å². The van der Waals surface area contributed by atoms with Gasteiger partial charge in [0.2, 0.25) is 0 Å². The number of carbonyl (C=O) groups excluding carboxylic acids is 1. The molecule has 0 fully saturated rings. The number of carboxylic acid groups (broad SMARTS) is 1. The summed E-state index contributed by atoms with van der Waals surface area (Å²) in [6.45, 7) is -3.03. The van der Waals surface area contributed by atoms with E-state index in [0.717, 1.165) is 0 Å². The number of carbonyl (C=O) groups is 2. The summed E-state index contributed by atoms with van der Waals surface area (Å²) in [5.74, 6) is -1.25. The first-order valence-electron chi connectivity index (χ1n) is 5.39. The second-order valence-electron chi connectivity index (χ2n) is 3.55. The van der Waals surface area contributed by atoms with Gasteiger partial charge in [-0.2, -0.15) is 8.78 Å². The Morgan fingerprint density at radius 1 is 1.40 bits per heavy atom. The zero-order chi connectivity index (χ0) is 15.1. The molecule has 0 aliphatic carbocycles. The number of hydrogen-bond donors (Lipinski definition) is 3. The Balaban J connectivity index is 2.54. The number of benzene rings is 1. The number of carboxylic acids is 1. The highest BCUT2D eigenvalue weighted by molar-refractivity contribution is 6.32. The Hall–Kier alpha value is -2.09. The minimum absolute atomic E-state index is 0.0402. The van der Waals surface area contributed by atoms with Crippen molar-refractivity contribution in [1.82, 2.24) is 5.32 Å². The number of anilines is 1. The molecule has 1 aromatic carbocycles. The van der Waals surface area contributed by atoms with Crippen LogP contribution in [0.25, 0.3) is 0 Å². The SMILES string of the molecule is O=C(O)CCNC(=O)Nc1ccc(OC(F)F)c(Cl)c1. The van der Waals surface area contributed by atoms with Gasteiger partial charge in [0.05, 0.1) is 11.4 Å². The summed E-state index contributed by atoms with van der Waals surface area (Å²) in [5.41, 5.74) is 0.254. The quantitative estimate of drug-likeness (QED) is 0.753. The molecule has 2 amide bonds. The van der Waals surface area contributed by atoms with Crippen LogP contribution in [0.3, 0.4) is 0 Å². The molecule has 0 radical (unpaired) electrons. The predicted molar refractivity (Wildman–Crippen MR) is 67.4 cm³/mol. The van der Waals surface area contributed by atoms with Crippen LogP contribution in [0.5, 0.6) is 5.75 Å². The highest BCUT2D eigenvalue weighted by Crippen LogP contribution is 2.28. The molecule has 0 spiro atoms. The van der Waals surface area contributed by atoms with Crippen LogP contribution < -0.4 is 15.4 Å². The summed E-state index contributed by atoms with van der Waals surface area (Å²) in [6, 6.07) is 3.10. The molecular formula is C11H11ClF2N2O4. The Labute approximate surface area is 117 Å². The number of hydrogen-bond acceptors (Lipinski definition) is 3. The summed E-state index contributed by atoms with van der Waals surface area (Å²) < 4.78 is 28.2. The second kappa shape index (κ2) is 7.49. The zero-order valence-electron chi connectivity index (χ0n) is 10.0. The van der Waals surface area contributed by atoms with E-state index >= 15 is 0 Å². The predicted octanol–water partition coefficient (Wildman–Crippen LogP) is 2.54. The van der Waals surface area contributed by atoms with E-state index in [1.807, 2.05) is 0 Å². The molecule has 0 saturated heterocycles. The Bertz CT molecular complexity index is 499. The monoisotopic (exact) mass is 308 g/mol. The van der Waals surface area contributed by atoms with Crippen molar-refractivity contribution in [2.75, 3.05) is 11.9 Å². The van der Waals surface area contributed by atoms with Gasteiger partial charge < -0.3 is 20.5 Å². The maximum absolute atomic E-state index is 12.0. The lowest BCUT2D eigenvalue weighted by Gasteiger charge is -2.10. The number of alkyl halides is 2. The number of ether oxygens (including phenoxy) is 1. The number of amides is 2. The first kappa shape index (κ1) is 16.0. The molecule has 110 valence electrons. The van der Waals surface area contributed by atoms with Crippen molar-refractivity contribution in [2.24, 2.45) is 0 Å². The van der Waals surface area contributed by atoms with E-state index in [1.165, 1.54) is 18.2 Å². The Morgan fingerprint density at radius 3 is 2.65 bits per heavy atom. The van der Waals surface area contributed by atoms with E-state index in [0.29, 0.717) is 0 Å². The van der Waals surface area contributed by atoms with Gasteiger partial charge in [0.25, 0.3) is 0 Å². The lowest BCUT2D eigenvalue weighted by Crippen LogP contribution is -2.30. The third kappa shape index (κ3) is 5.70. The maximum atomic E-state index is 12.0. The Morgan fingerprint density at radius 2 is 2.10 bits per heavy atom. The molecule has 0 aliphatic heterocycles. The fourth-order valence-corrected chi connectivity index (χ4v) is 1.45. The fraction of sp³-hybridized carbons (Fsp3) is 0.273. The molecule has 0 heterocycles. The number of nitrogens with one attached hydrogen (secondary N) is 2. The summed E-state index contributed by atoms with van der Waals surface area (Å²) >= 11 is 5.70. The molecule has 0 bridgehead atoms. The van der Waals surface area contributed by atoms with Crippen LogP contribution in [0.15, 0.2) is 18.2 Å². The molecule has 0 saturated carbocycles. The second-order valence-corrected chi connectivity index (χ2v) is 3.96. The minimum atomic E-state index is -2.99. The van der Waals surface area contributed by atoms with E-state index in [4.69, 9.17) is 16.7 Å². The zero-order valence-corrected chi connectivity index (χ0v) is 10.8. The van der Waals surface area contributed by atoms with Gasteiger partial charge >= 0.3 is 18.6 Å². The lowest BCUT2D eigenvalue weighted by molar-refractivity contribution is -0.136. The van der Waals surface area contributed by atoms with Crippen LogP contribution >= 0.6 is 11.6 Å². The average Bonchev–Trinajstić information content (AvgIpc) is 2.31. The highest BCUT2D eigenvalue weighted by atomic mass is 35.5. The van der Waals surface area contributed by atoms with Crippen molar-refractivity contribution in [3.05, 3.63) is 23.2 Å². The molecule has 1 rings (SSSR count). The topological polar surface area (TPSA) is 87.7 Å². The van der Waals surface area contributed by atoms with Crippen molar-refractivity contribution in [3.8, 4) is 5.75 Å². The van der Waals surface area contributed by atoms with E-state index in [-0.39, 0.29) is 29.4 Å². The number of halogens is 3. The van der Waals surface area contributed by atoms with Crippen LogP contribution in [-0.4, -0.2) is 30.3 Å². The molecule has 1 aromatic rings. The van der Waals surface area contributed by atoms with Crippen molar-refractivity contribution in [2.45, 2.75) is 13.0 Å². The van der Waals surface area contributed by atoms with Gasteiger partial charge in [-0.25, -0.2) is 4.79 Å². The molecule has 0 atom stereocenters. The van der Waals surface area contributed by atoms with Gasteiger partial charge in [-0.1, -0.05) is 11.6 Å². The fourth-order valence-electron chi connectivity index (χ4n) is 1.23. The highest BCUT2D eigenvalue weighted by Gasteiger charge is 2.10. The Kier molecular flexibility index (Phi) is 5.98. The van der Waals surface area contributed by atoms with Crippen molar-refractivity contribution >= 4 is 29.3 Å². The summed E-state index contributed by atoms with van der Waals surface area (Å²) in [4.78, 5) is 21.6. The van der Waals surface area contributed by atoms with Crippen LogP contribution in [0.1, 0.15) is 6.42 Å². The van der Waals surface area contributed by atoms with Gasteiger partial charge in [0, 0.05) is 12.2 Å². The molecule has 0 aliphatic rings. The largest absolute Gasteiger partial charge is 0.481 e. The van der Waals surface area contributed by atoms with Crippen LogP contribution in [0, 0.1) is 0 Å². The van der Waals surface area contributed by atoms with Gasteiger partial charge in [-0.15, -0.1) is 0 Å². The summed E-state index contributed by atoms with van der Waals surface area (Å²) in [5, 5.41) is 13.0. The summed E-state index contributed by atoms with van der Waals surface area (Å²) in [7, 11) is 0. The third-order valence-corrected chi connectivity index (χ3v) is 2.33. The summed E-state index contributed by atoms with van der Waals surface area (Å²) in [6.07, 6.45) is -0.213. The van der Waals surface area contributed by atoms with Crippen molar-refractivity contribution < 1.29 is 28.2 Å². The average molecular weight is 309 g/mol. The van der Waals surface area contributed by atoms with Gasteiger partial charge in [0.1, 0.15) is 5.75 Å². The van der Waals surface area contributed by atoms with E-state index in [9.17, 15) is 18.4 Å². The molecule has 20 heavy (non-hydrogen) atoms. The molecule has 0 aromatic heterocycles. The molecule has 0 unspecified atom stereocenters. The first-order chi connectivity index (χ1) is 9.38. The molecular weight excluding hydrogens is 298 g/mol. The smallest absolute Gasteiger partial charge is 0.387 e. The normalized spacial score (nSPS) is 10.2. The number of rotatable bonds is 6. The van der Waals surface area contributed by atoms with Crippen LogP contribution in [0.2, 0.25) is 5.02 Å². The van der Waals surface area contributed by atoms with Gasteiger partial charge in [-0.3, -0.25) is 4.79 Å². The van der Waals surface area contributed by atoms with E-state index in [2.05, 4.69) is 15.4 Å². The van der Waals surface area contributed by atoms with Crippen LogP contribution in [-0.2, 0) is 4.79 Å². The molecule has 6 nitrogen and oxygen atoms in total.